The zero-order chi connectivity index (χ0) is 79.1. The van der Waals surface area contributed by atoms with E-state index in [1.165, 1.54) is 72.8 Å². The summed E-state index contributed by atoms with van der Waals surface area (Å²) in [4.78, 5) is 165. The summed E-state index contributed by atoms with van der Waals surface area (Å²) in [7, 11) is -4.21. The maximum atomic E-state index is 14.6. The van der Waals surface area contributed by atoms with Crippen molar-refractivity contribution in [3.8, 4) is 11.4 Å². The van der Waals surface area contributed by atoms with Gasteiger partial charge >= 0.3 is 30.0 Å². The molecule has 110 heavy (non-hydrogen) atoms. The van der Waals surface area contributed by atoms with Gasteiger partial charge in [0, 0.05) is 70.7 Å². The number of anilines is 4. The number of nitrogens with zero attached hydrogens (tertiary/aromatic N) is 4. The molecule has 9 amide bonds. The van der Waals surface area contributed by atoms with E-state index in [0.717, 1.165) is 10.9 Å². The van der Waals surface area contributed by atoms with Crippen molar-refractivity contribution in [3.63, 3.8) is 0 Å². The summed E-state index contributed by atoms with van der Waals surface area (Å²) < 4.78 is 42.8. The average Bonchev–Trinajstić information content (AvgIpc) is 1.44. The molecule has 6 heterocycles. The minimum Gasteiger partial charge on any atom is -0.481 e. The highest BCUT2D eigenvalue weighted by Crippen LogP contribution is 2.42. The van der Waals surface area contributed by atoms with Crippen LogP contribution in [0.15, 0.2) is 131 Å². The third-order valence-electron chi connectivity index (χ3n) is 18.6. The molecular formula is C75H88N16O16S3. The topological polar surface area (TPSA) is 443 Å². The molecule has 13 N–H and O–H groups in total. The third-order valence-corrected chi connectivity index (χ3v) is 21.0. The smallest absolute Gasteiger partial charge is 0.355 e. The van der Waals surface area contributed by atoms with Crippen LogP contribution in [0.3, 0.4) is 0 Å². The maximum absolute atomic E-state index is 14.6. The van der Waals surface area contributed by atoms with E-state index in [2.05, 4.69) is 67.9 Å². The van der Waals surface area contributed by atoms with E-state index in [1.807, 2.05) is 51.1 Å². The highest BCUT2D eigenvalue weighted by atomic mass is 32.2. The number of H-pyrrole nitrogens is 1. The number of esters is 2. The molecule has 10 rings (SSSR count). The number of ether oxygens (including phenoxy) is 2. The van der Waals surface area contributed by atoms with Crippen LogP contribution in [0.4, 0.5) is 32.3 Å². The summed E-state index contributed by atoms with van der Waals surface area (Å²) in [5.74, 6) is -7.60. The molecule has 1 fully saturated rings. The Balaban J connectivity index is 0.720. The van der Waals surface area contributed by atoms with Crippen molar-refractivity contribution >= 4 is 132 Å². The summed E-state index contributed by atoms with van der Waals surface area (Å²) in [6.45, 7) is 10.5. The summed E-state index contributed by atoms with van der Waals surface area (Å²) >= 11 is 7.00. The number of imidazole rings is 1. The first-order chi connectivity index (χ1) is 52.6. The van der Waals surface area contributed by atoms with Gasteiger partial charge in [-0.1, -0.05) is 77.9 Å². The number of amides is 9. The number of likely N-dealkylation sites (tertiary alicyclic amines) is 1. The number of para-hydroxylation sites is 1. The van der Waals surface area contributed by atoms with Gasteiger partial charge in [0.2, 0.25) is 35.1 Å². The Hall–Kier alpha value is -11.5. The molecule has 32 nitrogen and oxygen atoms in total. The largest absolute Gasteiger partial charge is 0.481 e. The zero-order valence-corrected chi connectivity index (χ0v) is 63.9. The van der Waals surface area contributed by atoms with Gasteiger partial charge in [-0.15, -0.1) is 0 Å². The number of benzene rings is 4. The number of pyridine rings is 2. The van der Waals surface area contributed by atoms with Gasteiger partial charge in [0.1, 0.15) is 36.8 Å². The first-order valence-corrected chi connectivity index (χ1v) is 39.1. The molecule has 0 radical (unpaired) electrons. The number of carboxylic acid groups (broad SMARTS) is 1. The number of thioether (sulfide) groups is 1. The molecule has 3 aliphatic heterocycles. The minimum absolute atomic E-state index is 0.00367. The lowest BCUT2D eigenvalue weighted by Gasteiger charge is -2.37. The van der Waals surface area contributed by atoms with Gasteiger partial charge < -0.3 is 82.2 Å². The number of carbonyl (C=O) groups is 10. The lowest BCUT2D eigenvalue weighted by Crippen LogP contribution is -2.59. The molecule has 582 valence electrons. The molecular weight excluding hydrogens is 1480 g/mol. The van der Waals surface area contributed by atoms with Crippen molar-refractivity contribution in [2.75, 3.05) is 52.3 Å². The fourth-order valence-electron chi connectivity index (χ4n) is 13.1. The number of carboxylic acids is 1. The third kappa shape index (κ3) is 19.9. The molecule has 7 atom stereocenters. The van der Waals surface area contributed by atoms with E-state index in [1.54, 1.807) is 66.8 Å². The number of urea groups is 2. The maximum Gasteiger partial charge on any atom is 0.355 e. The number of nitrogens with one attached hydrogen (secondary N) is 12. The standard InChI is InChI=1S/C75H88N16O16S3/c1-8-26-77-72(102)81-48-17-13-19-51(31-48)110(104,105)89-49-18-12-16-44(30-49)55(34-62(93)94)87-73(103)80-46-22-24-47(25-23-46)82-74(108)90-27-14-21-59(90)68(98)86-56(28-41(3)4)65(95)78-36-61(92)83-58(39-109-7)67(97)85-57(32-50-35-76-40-79-50)66(96)88-63(42(5)6)70(100)107-75(9-2)53-33-60-64-45(29-43-15-10-11-20-54(43)84-64)37-91(60)69(99)52(53)38-106-71(75)101/h10-13,15-20,22-25,29-31,33,35,40-42,55-59,63,89H,8-9,14,21,26-28,32,34,36-39H2,1-7H3,(H,76,79)(H,78,95)(H,82,108)(H,83,92)(H,85,97)(H,86,98)(H,88,96)(H,93,94)(H2,77,81,102)(H2,80,87,103)/t55?,56-,57+,58+,59+,63+,75+/m0/s1. The number of aromatic amines is 1. The summed E-state index contributed by atoms with van der Waals surface area (Å²) in [6.07, 6.45) is 5.47. The number of cyclic esters (lactones) is 1. The predicted molar refractivity (Wildman–Crippen MR) is 415 cm³/mol. The van der Waals surface area contributed by atoms with Crippen LogP contribution in [-0.4, -0.2) is 164 Å². The van der Waals surface area contributed by atoms with Crippen molar-refractivity contribution in [1.29, 1.82) is 0 Å². The number of sulfonamides is 1. The first-order valence-electron chi connectivity index (χ1n) is 35.8. The molecule has 3 aliphatic rings. The number of rotatable bonds is 32. The van der Waals surface area contributed by atoms with Gasteiger partial charge in [-0.25, -0.2) is 37.6 Å². The van der Waals surface area contributed by atoms with E-state index in [0.29, 0.717) is 66.3 Å². The van der Waals surface area contributed by atoms with E-state index in [9.17, 15) is 66.3 Å². The lowest BCUT2D eigenvalue weighted by molar-refractivity contribution is -0.191. The summed E-state index contributed by atoms with van der Waals surface area (Å²) in [6, 6.07) is 20.5. The van der Waals surface area contributed by atoms with Crippen molar-refractivity contribution in [1.82, 2.24) is 61.6 Å². The minimum atomic E-state index is -4.21. The van der Waals surface area contributed by atoms with E-state index < -0.39 is 136 Å². The Morgan fingerprint density at radius 2 is 1.50 bits per heavy atom. The van der Waals surface area contributed by atoms with Crippen molar-refractivity contribution in [3.05, 3.63) is 160 Å². The molecule has 0 aliphatic carbocycles. The van der Waals surface area contributed by atoms with E-state index >= 15 is 0 Å². The molecule has 1 unspecified atom stereocenters. The Kier molecular flexibility index (Phi) is 26.7. The number of carbonyl (C=O) groups excluding carboxylic acids is 9. The molecule has 7 aromatic rings. The Morgan fingerprint density at radius 3 is 2.20 bits per heavy atom. The van der Waals surface area contributed by atoms with Crippen molar-refractivity contribution < 1.29 is 70.9 Å². The number of aromatic nitrogens is 4. The average molecular weight is 1570 g/mol. The quantitative estimate of drug-likeness (QED) is 0.0164. The second kappa shape index (κ2) is 36.2. The Labute approximate surface area is 643 Å². The Bertz CT molecular complexity index is 4830. The molecule has 1 saturated heterocycles. The zero-order valence-electron chi connectivity index (χ0n) is 61.4. The number of thiocarbonyl (C=S) groups is 1. The monoisotopic (exact) mass is 1560 g/mol. The van der Waals surface area contributed by atoms with Crippen LogP contribution in [0.25, 0.3) is 22.3 Å². The number of hydrogen-bond acceptors (Lipinski definition) is 19. The van der Waals surface area contributed by atoms with Gasteiger partial charge in [-0.3, -0.25) is 38.3 Å². The number of aliphatic carboxylic acids is 1. The fraction of sp³-hybridized carbons (Fsp3) is 0.387. The second-order valence-corrected chi connectivity index (χ2v) is 30.4. The molecule has 3 aromatic heterocycles. The molecule has 0 bridgehead atoms. The summed E-state index contributed by atoms with van der Waals surface area (Å²) in [5.41, 5.74) is 1.84. The Morgan fingerprint density at radius 1 is 0.782 bits per heavy atom. The van der Waals surface area contributed by atoms with Crippen molar-refractivity contribution in [2.45, 2.75) is 146 Å². The highest BCUT2D eigenvalue weighted by Gasteiger charge is 2.52. The van der Waals surface area contributed by atoms with Crippen LogP contribution >= 0.6 is 24.0 Å². The molecule has 0 spiro atoms. The predicted octanol–water partition coefficient (Wildman–Crippen LogP) is 6.25. The SMILES string of the molecule is CCCNC(=O)Nc1cccc(S(=O)(=O)Nc2cccc(C(CC(=O)O)NC(=O)Nc3ccc(NC(=S)N4CCC[C@@H]4C(=O)N[C@@H](CC(C)C)C(=O)NCC(=O)N[C@H](CSC)C(=O)N[C@H](Cc4c[nH]cn4)C(=O)N[C@@H](C(=O)O[C@@]4(CC)C(=O)OCc5c4cc4n(c5=O)Cc5cc6ccccc6nc5-4)C(C)C)cc3)c2)c1. The second-order valence-electron chi connectivity index (χ2n) is 27.5. The van der Waals surface area contributed by atoms with Crippen molar-refractivity contribution in [2.24, 2.45) is 11.8 Å². The normalized spacial score (nSPS) is 16.2. The summed E-state index contributed by atoms with van der Waals surface area (Å²) in [5, 5.41) is 38.1. The molecule has 0 saturated carbocycles. The highest BCUT2D eigenvalue weighted by molar-refractivity contribution is 7.98. The van der Waals surface area contributed by atoms with E-state index in [4.69, 9.17) is 26.7 Å². The van der Waals surface area contributed by atoms with Crippen LogP contribution in [-0.2, 0) is 83.0 Å². The van der Waals surface area contributed by atoms with Gasteiger partial charge in [-0.05, 0) is 141 Å². The van der Waals surface area contributed by atoms with Crippen LogP contribution in [0, 0.1) is 11.8 Å². The van der Waals surface area contributed by atoms with Gasteiger partial charge in [0.05, 0.1) is 64.9 Å². The fourth-order valence-corrected chi connectivity index (χ4v) is 15.1. The molecule has 4 aromatic carbocycles. The lowest BCUT2D eigenvalue weighted by atomic mass is 9.85. The number of fused-ring (bicyclic) bond motifs is 5. The van der Waals surface area contributed by atoms with Gasteiger partial charge in [0.25, 0.3) is 15.6 Å². The first kappa shape index (κ1) is 81.1. The van der Waals surface area contributed by atoms with Crippen LogP contribution < -0.4 is 63.4 Å². The van der Waals surface area contributed by atoms with Gasteiger partial charge in [0.15, 0.2) is 5.11 Å². The van der Waals surface area contributed by atoms with E-state index in [-0.39, 0.29) is 82.2 Å². The van der Waals surface area contributed by atoms with Crippen LogP contribution in [0.1, 0.15) is 114 Å². The number of hydrogen-bond donors (Lipinski definition) is 13. The molecule has 35 heteroatoms. The van der Waals surface area contributed by atoms with Crippen LogP contribution in [0.2, 0.25) is 0 Å². The van der Waals surface area contributed by atoms with Gasteiger partial charge in [-0.2, -0.15) is 11.8 Å². The van der Waals surface area contributed by atoms with Crippen LogP contribution in [0.5, 0.6) is 0 Å².